The number of Topliss-reactive ketones (excluding diaryl/α,β-unsaturated/α-hetero) is 1. The highest BCUT2D eigenvalue weighted by Crippen LogP contribution is 2.78. The summed E-state index contributed by atoms with van der Waals surface area (Å²) >= 11 is 8.03. The van der Waals surface area contributed by atoms with Gasteiger partial charge in [0.1, 0.15) is 5.76 Å². The first-order chi connectivity index (χ1) is 28.0. The first kappa shape index (κ1) is 40.3. The number of ketones is 1. The molecule has 4 aromatic rings. The standard InChI is InChI=1S/C47H48ClF3N2O5S/c1-42-18-14-31(54)26-44(42)21-22-46(34(27-44)40(55)37-13-12-36(58-37)33-25-29(47(49,50)51)10-11-35(33)48)38(42)15-19-43(2)39(46)16-20-45(43,57)28-53(23-17-32-9-6-24-59-32)41(56)52-30-7-4-3-5-8-30/h3-13,21-22,24-25,27,31,38-39,54,57H,14-20,23,26,28H2,1-2H3,(H,52,56). The third kappa shape index (κ3) is 6.28. The molecule has 6 aliphatic rings. The van der Waals surface area contributed by atoms with E-state index in [-0.39, 0.29) is 57.7 Å². The Morgan fingerprint density at radius 3 is 2.44 bits per heavy atom. The van der Waals surface area contributed by atoms with Gasteiger partial charge in [0.05, 0.1) is 28.8 Å². The van der Waals surface area contributed by atoms with Gasteiger partial charge in [-0.15, -0.1) is 11.3 Å². The Morgan fingerprint density at radius 2 is 1.69 bits per heavy atom. The Hall–Kier alpha value is -4.16. The van der Waals surface area contributed by atoms with E-state index in [2.05, 4.69) is 37.4 Å². The van der Waals surface area contributed by atoms with Crippen LogP contribution < -0.4 is 5.32 Å². The van der Waals surface area contributed by atoms with Crippen molar-refractivity contribution in [1.82, 2.24) is 4.90 Å². The molecule has 10 rings (SSSR count). The van der Waals surface area contributed by atoms with Gasteiger partial charge >= 0.3 is 12.2 Å². The van der Waals surface area contributed by atoms with Crippen LogP contribution in [-0.4, -0.2) is 51.7 Å². The molecule has 8 atom stereocenters. The van der Waals surface area contributed by atoms with Gasteiger partial charge in [-0.05, 0) is 123 Å². The van der Waals surface area contributed by atoms with Crippen LogP contribution in [0, 0.1) is 33.5 Å². The maximum absolute atomic E-state index is 15.2. The van der Waals surface area contributed by atoms with E-state index in [4.69, 9.17) is 16.0 Å². The first-order valence-electron chi connectivity index (χ1n) is 20.5. The fourth-order valence-electron chi connectivity index (χ4n) is 12.2. The van der Waals surface area contributed by atoms with E-state index in [0.717, 1.165) is 23.4 Å². The van der Waals surface area contributed by atoms with Gasteiger partial charge < -0.3 is 24.8 Å². The number of carbonyl (C=O) groups excluding carboxylic acids is 2. The number of rotatable bonds is 9. The molecule has 2 aromatic heterocycles. The summed E-state index contributed by atoms with van der Waals surface area (Å²) in [6, 6.07) is 19.0. The van der Waals surface area contributed by atoms with Crippen molar-refractivity contribution in [3.05, 3.63) is 123 Å². The van der Waals surface area contributed by atoms with Gasteiger partial charge in [0.2, 0.25) is 5.78 Å². The summed E-state index contributed by atoms with van der Waals surface area (Å²) in [6.07, 6.45) is 6.27. The van der Waals surface area contributed by atoms with Gasteiger partial charge in [-0.3, -0.25) is 4.79 Å². The maximum atomic E-state index is 15.2. The number of nitrogens with one attached hydrogen (secondary N) is 1. The van der Waals surface area contributed by atoms with Gasteiger partial charge in [-0.25, -0.2) is 4.79 Å². The highest BCUT2D eigenvalue weighted by molar-refractivity contribution is 7.09. The van der Waals surface area contributed by atoms with E-state index < -0.39 is 39.7 Å². The number of hydrogen-bond donors (Lipinski definition) is 3. The van der Waals surface area contributed by atoms with Crippen LogP contribution in [0.25, 0.3) is 11.3 Å². The van der Waals surface area contributed by atoms with Crippen LogP contribution in [0.2, 0.25) is 5.02 Å². The van der Waals surface area contributed by atoms with E-state index in [1.165, 1.54) is 18.2 Å². The van der Waals surface area contributed by atoms with Crippen LogP contribution in [0.3, 0.4) is 0 Å². The van der Waals surface area contributed by atoms with Gasteiger partial charge in [0, 0.05) is 44.5 Å². The fourth-order valence-corrected chi connectivity index (χ4v) is 13.1. The number of aliphatic hydroxyl groups excluding tert-OH is 1. The summed E-state index contributed by atoms with van der Waals surface area (Å²) in [5, 5.41) is 29.3. The van der Waals surface area contributed by atoms with Gasteiger partial charge in [-0.2, -0.15) is 13.2 Å². The van der Waals surface area contributed by atoms with Crippen molar-refractivity contribution in [3.63, 3.8) is 0 Å². The lowest BCUT2D eigenvalue weighted by Gasteiger charge is -2.71. The molecule has 2 aromatic carbocycles. The van der Waals surface area contributed by atoms with Crippen LogP contribution in [0.15, 0.2) is 106 Å². The molecule has 6 aliphatic carbocycles. The lowest BCUT2D eigenvalue weighted by Crippen LogP contribution is -2.67. The summed E-state index contributed by atoms with van der Waals surface area (Å²) < 4.78 is 47.3. The maximum Gasteiger partial charge on any atom is 0.416 e. The van der Waals surface area contributed by atoms with Crippen molar-refractivity contribution >= 4 is 40.4 Å². The Labute approximate surface area is 351 Å². The third-order valence-corrected chi connectivity index (χ3v) is 16.6. The second-order valence-electron chi connectivity index (χ2n) is 18.0. The second-order valence-corrected chi connectivity index (χ2v) is 19.5. The van der Waals surface area contributed by atoms with Crippen molar-refractivity contribution in [1.29, 1.82) is 0 Å². The monoisotopic (exact) mass is 844 g/mol. The normalized spacial score (nSPS) is 33.2. The van der Waals surface area contributed by atoms with E-state index in [1.54, 1.807) is 16.2 Å². The van der Waals surface area contributed by atoms with E-state index in [1.807, 2.05) is 47.8 Å². The number of alkyl halides is 3. The average Bonchev–Trinajstić information content (AvgIpc) is 3.97. The molecule has 3 saturated carbocycles. The molecule has 0 saturated heterocycles. The first-order valence-corrected chi connectivity index (χ1v) is 21.8. The van der Waals surface area contributed by atoms with Crippen LogP contribution in [-0.2, 0) is 12.6 Å². The van der Waals surface area contributed by atoms with Crippen molar-refractivity contribution < 1.29 is 37.4 Å². The highest BCUT2D eigenvalue weighted by Gasteiger charge is 2.74. The zero-order valence-corrected chi connectivity index (χ0v) is 34.6. The summed E-state index contributed by atoms with van der Waals surface area (Å²) in [5.74, 6) is -0.529. The minimum atomic E-state index is -4.60. The molecule has 0 aliphatic heterocycles. The number of amides is 2. The molecule has 0 radical (unpaired) electrons. The lowest BCUT2D eigenvalue weighted by atomic mass is 9.32. The number of furan rings is 1. The van der Waals surface area contributed by atoms with E-state index in [0.29, 0.717) is 62.8 Å². The summed E-state index contributed by atoms with van der Waals surface area (Å²) in [4.78, 5) is 32.1. The molecule has 3 N–H and O–H groups in total. The number of anilines is 1. The Kier molecular flexibility index (Phi) is 9.70. The van der Waals surface area contributed by atoms with Gasteiger partial charge in [-0.1, -0.05) is 67.9 Å². The predicted octanol–water partition coefficient (Wildman–Crippen LogP) is 11.2. The zero-order valence-electron chi connectivity index (χ0n) is 33.0. The Morgan fingerprint density at radius 1 is 0.949 bits per heavy atom. The molecule has 2 heterocycles. The van der Waals surface area contributed by atoms with Crippen molar-refractivity contribution in [2.75, 3.05) is 18.4 Å². The molecule has 12 heteroatoms. The number of halogens is 4. The number of fused-ring (bicyclic) bond motifs is 1. The van der Waals surface area contributed by atoms with Crippen LogP contribution >= 0.6 is 22.9 Å². The Bertz CT molecular complexity index is 2350. The molecule has 7 nitrogen and oxygen atoms in total. The summed E-state index contributed by atoms with van der Waals surface area (Å²) in [6.45, 7) is 4.93. The lowest BCUT2D eigenvalue weighted by molar-refractivity contribution is -0.174. The molecule has 2 amide bonds. The van der Waals surface area contributed by atoms with Crippen molar-refractivity contribution in [3.8, 4) is 11.3 Å². The topological polar surface area (TPSA) is 103 Å². The largest absolute Gasteiger partial charge is 0.453 e. The number of hydrogen-bond acceptors (Lipinski definition) is 6. The van der Waals surface area contributed by atoms with Gasteiger partial charge in [0.25, 0.3) is 0 Å². The van der Waals surface area contributed by atoms with E-state index >= 15 is 4.79 Å². The third-order valence-electron chi connectivity index (χ3n) is 15.3. The number of thiophene rings is 1. The SMILES string of the molecule is CC12CCC(O)CC13C=CC1(C(C(=O)c4ccc(-c5cc(C(F)(F)F)ccc5Cl)o4)=C3)C2CCC2(C)C1CCC2(O)CN(CCc1cccs1)C(=O)Nc1ccccc1. The molecular formula is C47H48ClF3N2O5S. The Balaban J connectivity index is 1.09. The van der Waals surface area contributed by atoms with Crippen LogP contribution in [0.1, 0.15) is 79.8 Å². The number of urea groups is 1. The average molecular weight is 845 g/mol. The summed E-state index contributed by atoms with van der Waals surface area (Å²) in [7, 11) is 0. The number of para-hydroxylation sites is 1. The van der Waals surface area contributed by atoms with Gasteiger partial charge in [0.15, 0.2) is 5.76 Å². The number of aliphatic hydroxyl groups is 2. The quantitative estimate of drug-likeness (QED) is 0.115. The van der Waals surface area contributed by atoms with Crippen LogP contribution in [0.4, 0.5) is 23.7 Å². The van der Waals surface area contributed by atoms with Crippen molar-refractivity contribution in [2.24, 2.45) is 33.5 Å². The number of carbonyl (C=O) groups is 2. The number of nitrogens with zero attached hydrogens (tertiary/aromatic N) is 1. The number of allylic oxidation sites excluding steroid dienone is 4. The predicted molar refractivity (Wildman–Crippen MR) is 222 cm³/mol. The zero-order chi connectivity index (χ0) is 41.6. The number of benzene rings is 2. The fraction of sp³-hybridized carbons (Fsp3) is 0.447. The molecule has 3 fully saturated rings. The van der Waals surface area contributed by atoms with Crippen molar-refractivity contribution in [2.45, 2.75) is 83.1 Å². The summed E-state index contributed by atoms with van der Waals surface area (Å²) in [5.41, 5.74) is -3.36. The molecule has 2 bridgehead atoms. The second kappa shape index (κ2) is 14.2. The molecule has 310 valence electrons. The highest BCUT2D eigenvalue weighted by atomic mass is 35.5. The minimum Gasteiger partial charge on any atom is -0.453 e. The molecule has 59 heavy (non-hydrogen) atoms. The minimum absolute atomic E-state index is 0.000491. The molecule has 2 spiro atoms. The molecular weight excluding hydrogens is 797 g/mol. The smallest absolute Gasteiger partial charge is 0.416 e. The van der Waals surface area contributed by atoms with E-state index in [9.17, 15) is 28.2 Å². The van der Waals surface area contributed by atoms with Crippen LogP contribution in [0.5, 0.6) is 0 Å². The molecule has 8 unspecified atom stereocenters.